The van der Waals surface area contributed by atoms with E-state index in [0.29, 0.717) is 6.61 Å². The lowest BCUT2D eigenvalue weighted by Gasteiger charge is -2.33. The van der Waals surface area contributed by atoms with E-state index in [0.717, 1.165) is 18.3 Å². The van der Waals surface area contributed by atoms with Gasteiger partial charge in [-0.3, -0.25) is 0 Å². The molecule has 0 aliphatic carbocycles. The number of morpholine rings is 1. The molecule has 0 radical (unpaired) electrons. The molecule has 2 atom stereocenters. The van der Waals surface area contributed by atoms with Crippen LogP contribution in [0.3, 0.4) is 0 Å². The molecule has 2 fully saturated rings. The Kier molecular flexibility index (Phi) is 3.27. The first-order chi connectivity index (χ1) is 8.36. The van der Waals surface area contributed by atoms with E-state index in [1.54, 1.807) is 0 Å². The number of rotatable bonds is 3. The zero-order valence-corrected chi connectivity index (χ0v) is 10.5. The molecule has 3 rings (SSSR count). The minimum absolute atomic E-state index is 0.0394. The first-order valence-electron chi connectivity index (χ1n) is 6.06. The van der Waals surface area contributed by atoms with Crippen LogP contribution < -0.4 is 4.90 Å². The third kappa shape index (κ3) is 2.59. The van der Waals surface area contributed by atoms with Crippen molar-refractivity contribution in [3.63, 3.8) is 0 Å². The van der Waals surface area contributed by atoms with E-state index in [1.165, 1.54) is 17.0 Å². The van der Waals surface area contributed by atoms with Crippen LogP contribution in [0.1, 0.15) is 10.8 Å². The minimum Gasteiger partial charge on any atom is -0.394 e. The maximum Gasteiger partial charge on any atom is 0.0980 e. The average molecular weight is 251 g/mol. The second-order valence-corrected chi connectivity index (χ2v) is 5.77. The number of thioether (sulfide) groups is 1. The molecule has 0 bridgehead atoms. The van der Waals surface area contributed by atoms with Crippen LogP contribution in [-0.2, 0) is 4.74 Å². The molecule has 0 spiro atoms. The number of hydrogen-bond acceptors (Lipinski definition) is 4. The van der Waals surface area contributed by atoms with Gasteiger partial charge in [0.25, 0.3) is 0 Å². The van der Waals surface area contributed by atoms with Crippen molar-refractivity contribution in [1.29, 1.82) is 0 Å². The van der Waals surface area contributed by atoms with E-state index in [4.69, 9.17) is 9.84 Å². The van der Waals surface area contributed by atoms with Gasteiger partial charge in [0.05, 0.1) is 19.3 Å². The van der Waals surface area contributed by atoms with Crippen molar-refractivity contribution in [3.8, 4) is 0 Å². The van der Waals surface area contributed by atoms with E-state index in [9.17, 15) is 0 Å². The fourth-order valence-corrected chi connectivity index (χ4v) is 2.84. The maximum absolute atomic E-state index is 9.13. The van der Waals surface area contributed by atoms with Crippen molar-refractivity contribution in [2.45, 2.75) is 11.4 Å². The molecule has 92 valence electrons. The summed E-state index contributed by atoms with van der Waals surface area (Å²) < 4.78 is 5.46. The summed E-state index contributed by atoms with van der Waals surface area (Å²) in [4.78, 5) is 2.29. The fourth-order valence-electron chi connectivity index (χ4n) is 2.20. The lowest BCUT2D eigenvalue weighted by Crippen LogP contribution is -2.44. The molecule has 1 aromatic carbocycles. The molecule has 0 amide bonds. The molecule has 2 aliphatic heterocycles. The van der Waals surface area contributed by atoms with Crippen LogP contribution in [0.4, 0.5) is 5.69 Å². The molecule has 1 N–H and O–H groups in total. The van der Waals surface area contributed by atoms with Crippen LogP contribution in [-0.4, -0.2) is 43.3 Å². The number of ether oxygens (including phenoxy) is 1. The number of aliphatic hydroxyl groups excluding tert-OH is 1. The fraction of sp³-hybridized carbons (Fsp3) is 0.538. The van der Waals surface area contributed by atoms with E-state index < -0.39 is 0 Å². The third-order valence-corrected chi connectivity index (χ3v) is 4.24. The summed E-state index contributed by atoms with van der Waals surface area (Å²) in [5.41, 5.74) is 2.67. The Morgan fingerprint density at radius 3 is 2.76 bits per heavy atom. The Labute approximate surface area is 106 Å². The topological polar surface area (TPSA) is 32.7 Å². The Hall–Kier alpha value is -0.710. The first kappa shape index (κ1) is 11.4. The second-order valence-electron chi connectivity index (χ2n) is 4.53. The van der Waals surface area contributed by atoms with Crippen molar-refractivity contribution >= 4 is 17.4 Å². The zero-order valence-electron chi connectivity index (χ0n) is 9.71. The molecule has 3 nitrogen and oxygen atoms in total. The van der Waals surface area contributed by atoms with Crippen LogP contribution in [0.2, 0.25) is 0 Å². The normalized spacial score (nSPS) is 28.2. The van der Waals surface area contributed by atoms with Crippen molar-refractivity contribution in [2.75, 3.05) is 37.0 Å². The standard InChI is InChI=1S/C13H17NO2S/c15-8-12-7-14(5-6-16-12)11-3-1-10(2-4-11)13-9-17-13/h1-4,12-13,15H,5-9H2/t12-,13?/m1/s1. The van der Waals surface area contributed by atoms with E-state index in [-0.39, 0.29) is 12.7 Å². The molecule has 2 saturated heterocycles. The summed E-state index contributed by atoms with van der Waals surface area (Å²) in [6.07, 6.45) is -0.0394. The van der Waals surface area contributed by atoms with Crippen LogP contribution in [0.25, 0.3) is 0 Å². The number of anilines is 1. The molecule has 4 heteroatoms. The molecule has 0 aromatic heterocycles. The first-order valence-corrected chi connectivity index (χ1v) is 7.10. The van der Waals surface area contributed by atoms with E-state index in [1.807, 2.05) is 11.8 Å². The predicted octanol–water partition coefficient (Wildman–Crippen LogP) is 1.67. The summed E-state index contributed by atoms with van der Waals surface area (Å²) >= 11 is 2.00. The van der Waals surface area contributed by atoms with E-state index in [2.05, 4.69) is 29.2 Å². The van der Waals surface area contributed by atoms with Gasteiger partial charge < -0.3 is 14.7 Å². The molecule has 1 unspecified atom stereocenters. The van der Waals surface area contributed by atoms with Crippen LogP contribution >= 0.6 is 11.8 Å². The van der Waals surface area contributed by atoms with Crippen molar-refractivity contribution in [1.82, 2.24) is 0 Å². The minimum atomic E-state index is -0.0394. The SMILES string of the molecule is OC[C@H]1CN(c2ccc(C3CS3)cc2)CCO1. The quantitative estimate of drug-likeness (QED) is 0.828. The van der Waals surface area contributed by atoms with Gasteiger partial charge in [-0.1, -0.05) is 12.1 Å². The second kappa shape index (κ2) is 4.88. The van der Waals surface area contributed by atoms with Crippen molar-refractivity contribution < 1.29 is 9.84 Å². The largest absolute Gasteiger partial charge is 0.394 e. The lowest BCUT2D eigenvalue weighted by molar-refractivity contribution is 0.00357. The molecule has 2 heterocycles. The highest BCUT2D eigenvalue weighted by atomic mass is 32.2. The summed E-state index contributed by atoms with van der Waals surface area (Å²) in [5, 5.41) is 9.86. The molecule has 0 saturated carbocycles. The van der Waals surface area contributed by atoms with Crippen LogP contribution in [0.15, 0.2) is 24.3 Å². The Morgan fingerprint density at radius 2 is 2.12 bits per heavy atom. The molecule has 2 aliphatic rings. The van der Waals surface area contributed by atoms with Gasteiger partial charge in [-0.2, -0.15) is 11.8 Å². The Morgan fingerprint density at radius 1 is 1.35 bits per heavy atom. The van der Waals surface area contributed by atoms with Gasteiger partial charge in [-0.15, -0.1) is 0 Å². The predicted molar refractivity (Wildman–Crippen MR) is 70.7 cm³/mol. The van der Waals surface area contributed by atoms with Crippen molar-refractivity contribution in [3.05, 3.63) is 29.8 Å². The van der Waals surface area contributed by atoms with Gasteiger partial charge in [0.2, 0.25) is 0 Å². The average Bonchev–Trinajstić information content (AvgIpc) is 3.23. The number of benzene rings is 1. The van der Waals surface area contributed by atoms with Crippen LogP contribution in [0, 0.1) is 0 Å². The van der Waals surface area contributed by atoms with Gasteiger partial charge in [0.1, 0.15) is 0 Å². The molecular weight excluding hydrogens is 234 g/mol. The van der Waals surface area contributed by atoms with Crippen LogP contribution in [0.5, 0.6) is 0 Å². The smallest absolute Gasteiger partial charge is 0.0980 e. The highest BCUT2D eigenvalue weighted by molar-refractivity contribution is 8.06. The summed E-state index contributed by atoms with van der Waals surface area (Å²) in [6, 6.07) is 8.83. The number of nitrogens with zero attached hydrogens (tertiary/aromatic N) is 1. The lowest BCUT2D eigenvalue weighted by atomic mass is 10.1. The zero-order chi connectivity index (χ0) is 11.7. The summed E-state index contributed by atoms with van der Waals surface area (Å²) in [5.74, 6) is 1.27. The summed E-state index contributed by atoms with van der Waals surface area (Å²) in [6.45, 7) is 2.50. The van der Waals surface area contributed by atoms with Crippen molar-refractivity contribution in [2.24, 2.45) is 0 Å². The van der Waals surface area contributed by atoms with Gasteiger partial charge in [0, 0.05) is 29.8 Å². The maximum atomic E-state index is 9.13. The highest BCUT2D eigenvalue weighted by Gasteiger charge is 2.25. The van der Waals surface area contributed by atoms with Gasteiger partial charge in [-0.05, 0) is 17.7 Å². The number of hydrogen-bond donors (Lipinski definition) is 1. The molecule has 1 aromatic rings. The molecule has 17 heavy (non-hydrogen) atoms. The van der Waals surface area contributed by atoms with Gasteiger partial charge >= 0.3 is 0 Å². The Bertz CT molecular complexity index is 378. The van der Waals surface area contributed by atoms with E-state index >= 15 is 0 Å². The van der Waals surface area contributed by atoms with Gasteiger partial charge in [0.15, 0.2) is 0 Å². The van der Waals surface area contributed by atoms with Gasteiger partial charge in [-0.25, -0.2) is 0 Å². The number of aliphatic hydroxyl groups is 1. The third-order valence-electron chi connectivity index (χ3n) is 3.31. The summed E-state index contributed by atoms with van der Waals surface area (Å²) in [7, 11) is 0. The Balaban J connectivity index is 1.69. The monoisotopic (exact) mass is 251 g/mol. The highest BCUT2D eigenvalue weighted by Crippen LogP contribution is 2.46. The molecular formula is C13H17NO2S.